The number of unbranched alkanes of at least 4 members (excludes halogenated alkanes) is 2. The number of rotatable bonds is 16. The Morgan fingerprint density at radius 3 is 1.39 bits per heavy atom. The zero-order chi connectivity index (χ0) is 21.6. The van der Waals surface area contributed by atoms with Crippen LogP contribution in [0.2, 0.25) is 0 Å². The fourth-order valence-electron chi connectivity index (χ4n) is 3.06. The maximum Gasteiger partial charge on any atom is 0.303 e. The van der Waals surface area contributed by atoms with Crippen molar-refractivity contribution in [3.8, 4) is 0 Å². The van der Waals surface area contributed by atoms with E-state index in [1.54, 1.807) is 0 Å². The molecule has 0 bridgehead atoms. The Kier molecular flexibility index (Phi) is 13.1. The second-order valence-electron chi connectivity index (χ2n) is 9.21. The summed E-state index contributed by atoms with van der Waals surface area (Å²) in [6, 6.07) is 0. The average molecular weight is 417 g/mol. The van der Waals surface area contributed by atoms with Gasteiger partial charge in [-0.1, -0.05) is 40.5 Å². The molecule has 0 unspecified atom stereocenters. The molecule has 0 aromatic carbocycles. The Morgan fingerprint density at radius 2 is 1.07 bits per heavy atom. The topological polar surface area (TPSA) is 98.7 Å². The first kappa shape index (κ1) is 26.6. The highest BCUT2D eigenvalue weighted by Crippen LogP contribution is 2.29. The Morgan fingerprint density at radius 1 is 0.714 bits per heavy atom. The molecule has 0 saturated carbocycles. The second kappa shape index (κ2) is 13.7. The van der Waals surface area contributed by atoms with Gasteiger partial charge in [0.05, 0.1) is 0 Å². The summed E-state index contributed by atoms with van der Waals surface area (Å²) >= 11 is 5.29. The first-order valence-electron chi connectivity index (χ1n) is 10.4. The molecule has 164 valence electrons. The lowest BCUT2D eigenvalue weighted by atomic mass is 9.83. The van der Waals surface area contributed by atoms with E-state index in [0.29, 0.717) is 18.0 Å². The number of nitrogens with one attached hydrogen (secondary N) is 2. The summed E-state index contributed by atoms with van der Waals surface area (Å²) in [5.74, 6) is -1.45. The van der Waals surface area contributed by atoms with Crippen molar-refractivity contribution < 1.29 is 19.8 Å². The van der Waals surface area contributed by atoms with E-state index in [9.17, 15) is 9.59 Å². The van der Waals surface area contributed by atoms with E-state index in [-0.39, 0.29) is 23.7 Å². The zero-order valence-corrected chi connectivity index (χ0v) is 18.9. The molecule has 0 saturated heterocycles. The summed E-state index contributed by atoms with van der Waals surface area (Å²) in [5, 5.41) is 24.7. The van der Waals surface area contributed by atoms with Crippen LogP contribution in [0.15, 0.2) is 0 Å². The Labute approximate surface area is 175 Å². The summed E-state index contributed by atoms with van der Waals surface area (Å²) in [6.07, 6.45) is 8.03. The van der Waals surface area contributed by atoms with E-state index in [2.05, 4.69) is 38.3 Å². The molecule has 6 nitrogen and oxygen atoms in total. The fourth-order valence-corrected chi connectivity index (χ4v) is 3.27. The SMILES string of the molecule is CC(C)(CCCCNC(=S)NCCCCC(C)(C)CCC(=O)O)CCC(=O)O. The zero-order valence-electron chi connectivity index (χ0n) is 18.1. The number of aliphatic carboxylic acids is 2. The molecular weight excluding hydrogens is 376 g/mol. The Hall–Kier alpha value is -1.37. The molecule has 0 aliphatic rings. The van der Waals surface area contributed by atoms with Crippen LogP contribution in [0, 0.1) is 10.8 Å². The van der Waals surface area contributed by atoms with Crippen molar-refractivity contribution in [2.75, 3.05) is 13.1 Å². The molecule has 0 spiro atoms. The lowest BCUT2D eigenvalue weighted by Gasteiger charge is -2.24. The molecule has 0 aromatic heterocycles. The van der Waals surface area contributed by atoms with Crippen LogP contribution in [-0.2, 0) is 9.59 Å². The first-order chi connectivity index (χ1) is 12.9. The van der Waals surface area contributed by atoms with Crippen molar-refractivity contribution in [3.63, 3.8) is 0 Å². The van der Waals surface area contributed by atoms with Gasteiger partial charge < -0.3 is 20.8 Å². The maximum atomic E-state index is 10.7. The predicted octanol–water partition coefficient (Wildman–Crippen LogP) is 4.57. The van der Waals surface area contributed by atoms with Crippen molar-refractivity contribution in [1.29, 1.82) is 0 Å². The van der Waals surface area contributed by atoms with Crippen LogP contribution in [0.5, 0.6) is 0 Å². The number of thiocarbonyl (C=S) groups is 1. The lowest BCUT2D eigenvalue weighted by molar-refractivity contribution is -0.138. The van der Waals surface area contributed by atoms with E-state index in [1.165, 1.54) is 0 Å². The summed E-state index contributed by atoms with van der Waals surface area (Å²) in [4.78, 5) is 21.3. The van der Waals surface area contributed by atoms with Gasteiger partial charge >= 0.3 is 11.9 Å². The summed E-state index contributed by atoms with van der Waals surface area (Å²) in [6.45, 7) is 10.1. The lowest BCUT2D eigenvalue weighted by Crippen LogP contribution is -2.36. The Balaban J connectivity index is 3.68. The van der Waals surface area contributed by atoms with Crippen LogP contribution in [0.3, 0.4) is 0 Å². The van der Waals surface area contributed by atoms with Crippen molar-refractivity contribution in [2.24, 2.45) is 10.8 Å². The van der Waals surface area contributed by atoms with E-state index in [1.807, 2.05) is 0 Å². The number of hydrogen-bond donors (Lipinski definition) is 4. The molecule has 0 aromatic rings. The predicted molar refractivity (Wildman–Crippen MR) is 118 cm³/mol. The van der Waals surface area contributed by atoms with Crippen molar-refractivity contribution in [1.82, 2.24) is 10.6 Å². The minimum absolute atomic E-state index is 0.0649. The Bertz CT molecular complexity index is 451. The second-order valence-corrected chi connectivity index (χ2v) is 9.62. The standard InChI is InChI=1S/C21H40N2O4S/c1-20(2,13-9-17(24)25)11-5-7-15-22-19(28)23-16-8-6-12-21(3,4)14-10-18(26)27/h5-16H2,1-4H3,(H,24,25)(H,26,27)(H2,22,23,28). The van der Waals surface area contributed by atoms with Crippen molar-refractivity contribution in [2.45, 2.75) is 91.9 Å². The van der Waals surface area contributed by atoms with Gasteiger partial charge in [0.15, 0.2) is 5.11 Å². The monoisotopic (exact) mass is 416 g/mol. The van der Waals surface area contributed by atoms with Gasteiger partial charge in [0.1, 0.15) is 0 Å². The van der Waals surface area contributed by atoms with Crippen LogP contribution in [0.1, 0.15) is 91.9 Å². The van der Waals surface area contributed by atoms with Crippen molar-refractivity contribution >= 4 is 29.3 Å². The molecule has 0 atom stereocenters. The molecule has 0 radical (unpaired) electrons. The minimum atomic E-state index is -0.727. The number of hydrogen-bond acceptors (Lipinski definition) is 3. The normalized spacial score (nSPS) is 11.9. The number of carboxylic acid groups (broad SMARTS) is 2. The summed E-state index contributed by atoms with van der Waals surface area (Å²) in [5.41, 5.74) is 0.130. The molecule has 0 heterocycles. The van der Waals surface area contributed by atoms with E-state index in [4.69, 9.17) is 22.4 Å². The third kappa shape index (κ3) is 16.8. The third-order valence-corrected chi connectivity index (χ3v) is 5.45. The van der Waals surface area contributed by atoms with Crippen LogP contribution in [0.4, 0.5) is 0 Å². The van der Waals surface area contributed by atoms with Crippen molar-refractivity contribution in [3.05, 3.63) is 0 Å². The molecular formula is C21H40N2O4S. The van der Waals surface area contributed by atoms with Gasteiger partial charge in [0.2, 0.25) is 0 Å². The van der Waals surface area contributed by atoms with Gasteiger partial charge in [-0.2, -0.15) is 0 Å². The fraction of sp³-hybridized carbons (Fsp3) is 0.857. The molecule has 0 aliphatic carbocycles. The molecule has 0 rings (SSSR count). The smallest absolute Gasteiger partial charge is 0.303 e. The summed E-state index contributed by atoms with van der Waals surface area (Å²) < 4.78 is 0. The van der Waals surface area contributed by atoms with E-state index >= 15 is 0 Å². The average Bonchev–Trinajstić information content (AvgIpc) is 2.58. The van der Waals surface area contributed by atoms with Crippen LogP contribution >= 0.6 is 12.2 Å². The van der Waals surface area contributed by atoms with E-state index in [0.717, 1.165) is 51.6 Å². The van der Waals surface area contributed by atoms with Crippen LogP contribution in [0.25, 0.3) is 0 Å². The van der Waals surface area contributed by atoms with Gasteiger partial charge in [0.25, 0.3) is 0 Å². The maximum absolute atomic E-state index is 10.7. The molecule has 0 aliphatic heterocycles. The van der Waals surface area contributed by atoms with Gasteiger partial charge in [-0.15, -0.1) is 0 Å². The van der Waals surface area contributed by atoms with Crippen LogP contribution in [-0.4, -0.2) is 40.4 Å². The highest BCUT2D eigenvalue weighted by atomic mass is 32.1. The highest BCUT2D eigenvalue weighted by molar-refractivity contribution is 7.80. The molecule has 0 fully saturated rings. The van der Waals surface area contributed by atoms with Gasteiger partial charge in [-0.25, -0.2) is 0 Å². The first-order valence-corrected chi connectivity index (χ1v) is 10.8. The molecule has 28 heavy (non-hydrogen) atoms. The van der Waals surface area contributed by atoms with E-state index < -0.39 is 11.9 Å². The van der Waals surface area contributed by atoms with Gasteiger partial charge in [0, 0.05) is 25.9 Å². The number of carbonyl (C=O) groups is 2. The van der Waals surface area contributed by atoms with Gasteiger partial charge in [-0.3, -0.25) is 9.59 Å². The van der Waals surface area contributed by atoms with Gasteiger partial charge in [-0.05, 0) is 61.6 Å². The largest absolute Gasteiger partial charge is 0.481 e. The molecule has 4 N–H and O–H groups in total. The highest BCUT2D eigenvalue weighted by Gasteiger charge is 2.19. The number of carboxylic acids is 2. The molecule has 7 heteroatoms. The summed E-state index contributed by atoms with van der Waals surface area (Å²) in [7, 11) is 0. The minimum Gasteiger partial charge on any atom is -0.481 e. The quantitative estimate of drug-likeness (QED) is 0.216. The molecule has 0 amide bonds. The van der Waals surface area contributed by atoms with Crippen LogP contribution < -0.4 is 10.6 Å². The third-order valence-electron chi connectivity index (χ3n) is 5.16.